The zero-order valence-electron chi connectivity index (χ0n) is 21.0. The van der Waals surface area contributed by atoms with Crippen LogP contribution in [0, 0.1) is 0 Å². The second kappa shape index (κ2) is 12.1. The highest BCUT2D eigenvalue weighted by molar-refractivity contribution is 9.10. The van der Waals surface area contributed by atoms with Crippen LogP contribution in [0.2, 0.25) is 0 Å². The van der Waals surface area contributed by atoms with Gasteiger partial charge in [-0.15, -0.1) is 11.8 Å². The van der Waals surface area contributed by atoms with Crippen molar-refractivity contribution in [3.05, 3.63) is 136 Å². The summed E-state index contributed by atoms with van der Waals surface area (Å²) in [5.74, 6) is -1.44. The van der Waals surface area contributed by atoms with Gasteiger partial charge in [0.05, 0.1) is 17.0 Å². The van der Waals surface area contributed by atoms with Crippen LogP contribution >= 0.6 is 27.7 Å². The molecule has 40 heavy (non-hydrogen) atoms. The molecule has 2 N–H and O–H groups in total. The van der Waals surface area contributed by atoms with Crippen LogP contribution in [0.4, 0.5) is 5.69 Å². The first-order valence-electron chi connectivity index (χ1n) is 12.2. The number of carbonyl (C=O) groups is 4. The van der Waals surface area contributed by atoms with E-state index in [9.17, 15) is 19.2 Å². The Labute approximate surface area is 243 Å². The standard InChI is InChI=1S/C31H22BrN3O4S/c32-22-15-13-20(14-16-22)17-27(34-28(36)21-7-2-1-3-8-21)29(37)33-23-9-6-10-24(18-23)40-19-35-30(38)25-11-4-5-12-26(25)31(35)39/h1-18H,19H2,(H,33,37)(H,34,36)/b27-17-. The van der Waals surface area contributed by atoms with E-state index < -0.39 is 11.8 Å². The van der Waals surface area contributed by atoms with Gasteiger partial charge in [0, 0.05) is 20.6 Å². The third kappa shape index (κ3) is 6.22. The lowest BCUT2D eigenvalue weighted by atomic mass is 10.1. The van der Waals surface area contributed by atoms with E-state index in [0.717, 1.165) is 14.9 Å². The highest BCUT2D eigenvalue weighted by atomic mass is 79.9. The zero-order valence-corrected chi connectivity index (χ0v) is 23.4. The number of imide groups is 1. The lowest BCUT2D eigenvalue weighted by molar-refractivity contribution is -0.113. The maximum absolute atomic E-state index is 13.3. The Kier molecular flexibility index (Phi) is 8.23. The van der Waals surface area contributed by atoms with Gasteiger partial charge in [0.25, 0.3) is 23.6 Å². The molecule has 198 valence electrons. The molecule has 4 aromatic rings. The molecule has 4 aromatic carbocycles. The Morgan fingerprint density at radius 2 is 1.45 bits per heavy atom. The van der Waals surface area contributed by atoms with E-state index in [0.29, 0.717) is 22.4 Å². The SMILES string of the molecule is O=C(Nc1cccc(SCN2C(=O)c3ccccc3C2=O)c1)/C(=C/c1ccc(Br)cc1)NC(=O)c1ccccc1. The smallest absolute Gasteiger partial charge is 0.272 e. The van der Waals surface area contributed by atoms with Crippen LogP contribution < -0.4 is 10.6 Å². The number of benzene rings is 4. The Morgan fingerprint density at radius 1 is 0.800 bits per heavy atom. The number of nitrogens with one attached hydrogen (secondary N) is 2. The van der Waals surface area contributed by atoms with E-state index in [2.05, 4.69) is 26.6 Å². The fraction of sp³-hybridized carbons (Fsp3) is 0.0323. The third-order valence-corrected chi connectivity index (χ3v) is 7.54. The second-order valence-electron chi connectivity index (χ2n) is 8.77. The summed E-state index contributed by atoms with van der Waals surface area (Å²) in [6.07, 6.45) is 1.60. The van der Waals surface area contributed by atoms with Gasteiger partial charge < -0.3 is 10.6 Å². The fourth-order valence-corrected chi connectivity index (χ4v) is 5.19. The summed E-state index contributed by atoms with van der Waals surface area (Å²) in [7, 11) is 0. The van der Waals surface area contributed by atoms with E-state index in [4.69, 9.17) is 0 Å². The number of rotatable bonds is 8. The van der Waals surface area contributed by atoms with Gasteiger partial charge in [0.15, 0.2) is 0 Å². The van der Waals surface area contributed by atoms with Gasteiger partial charge >= 0.3 is 0 Å². The summed E-state index contributed by atoms with van der Waals surface area (Å²) >= 11 is 4.70. The summed E-state index contributed by atoms with van der Waals surface area (Å²) in [4.78, 5) is 53.5. The highest BCUT2D eigenvalue weighted by Crippen LogP contribution is 2.28. The quantitative estimate of drug-likeness (QED) is 0.140. The van der Waals surface area contributed by atoms with Crippen LogP contribution in [-0.2, 0) is 4.79 Å². The number of halogens is 1. The largest absolute Gasteiger partial charge is 0.321 e. The zero-order chi connectivity index (χ0) is 28.1. The minimum atomic E-state index is -0.505. The molecule has 4 amide bonds. The van der Waals surface area contributed by atoms with Gasteiger partial charge in [-0.2, -0.15) is 0 Å². The molecular formula is C31H22BrN3O4S. The molecule has 0 unspecified atom stereocenters. The Hall–Kier alpha value is -4.47. The number of amides is 4. The Bertz CT molecular complexity index is 1600. The summed E-state index contributed by atoms with van der Waals surface area (Å²) in [5, 5.41) is 5.56. The highest BCUT2D eigenvalue weighted by Gasteiger charge is 2.34. The van der Waals surface area contributed by atoms with Crippen LogP contribution in [0.1, 0.15) is 36.6 Å². The summed E-state index contributed by atoms with van der Waals surface area (Å²) < 4.78 is 0.888. The predicted molar refractivity (Wildman–Crippen MR) is 159 cm³/mol. The average Bonchev–Trinajstić information content (AvgIpc) is 3.22. The maximum Gasteiger partial charge on any atom is 0.272 e. The number of thioether (sulfide) groups is 1. The molecular weight excluding hydrogens is 590 g/mol. The van der Waals surface area contributed by atoms with E-state index >= 15 is 0 Å². The first-order chi connectivity index (χ1) is 19.4. The lowest BCUT2D eigenvalue weighted by Crippen LogP contribution is -2.30. The van der Waals surface area contributed by atoms with Crippen molar-refractivity contribution in [2.24, 2.45) is 0 Å². The first kappa shape index (κ1) is 27.1. The van der Waals surface area contributed by atoms with E-state index in [-0.39, 0.29) is 23.4 Å². The van der Waals surface area contributed by atoms with Crippen molar-refractivity contribution < 1.29 is 19.2 Å². The first-order valence-corrected chi connectivity index (χ1v) is 14.0. The molecule has 0 fully saturated rings. The van der Waals surface area contributed by atoms with Crippen LogP contribution in [0.15, 0.2) is 118 Å². The van der Waals surface area contributed by atoms with Crippen molar-refractivity contribution in [1.29, 1.82) is 0 Å². The summed E-state index contributed by atoms with van der Waals surface area (Å²) in [6.45, 7) is 0. The van der Waals surface area contributed by atoms with Crippen molar-refractivity contribution in [3.8, 4) is 0 Å². The second-order valence-corrected chi connectivity index (χ2v) is 10.7. The van der Waals surface area contributed by atoms with Crippen molar-refractivity contribution in [1.82, 2.24) is 10.2 Å². The molecule has 9 heteroatoms. The fourth-order valence-electron chi connectivity index (χ4n) is 4.03. The van der Waals surface area contributed by atoms with Gasteiger partial charge in [-0.25, -0.2) is 0 Å². The molecule has 1 heterocycles. The molecule has 1 aliphatic heterocycles. The van der Waals surface area contributed by atoms with Crippen LogP contribution in [0.3, 0.4) is 0 Å². The Balaban J connectivity index is 1.30. The molecule has 0 spiro atoms. The van der Waals surface area contributed by atoms with Gasteiger partial charge in [0.2, 0.25) is 0 Å². The number of hydrogen-bond donors (Lipinski definition) is 2. The molecule has 0 bridgehead atoms. The number of fused-ring (bicyclic) bond motifs is 1. The van der Waals surface area contributed by atoms with Crippen molar-refractivity contribution in [3.63, 3.8) is 0 Å². The van der Waals surface area contributed by atoms with E-state index in [1.54, 1.807) is 78.9 Å². The normalized spacial score (nSPS) is 12.7. The maximum atomic E-state index is 13.3. The van der Waals surface area contributed by atoms with Crippen LogP contribution in [0.25, 0.3) is 6.08 Å². The van der Waals surface area contributed by atoms with Crippen molar-refractivity contribution in [2.75, 3.05) is 11.2 Å². The predicted octanol–water partition coefficient (Wildman–Crippen LogP) is 6.20. The topological polar surface area (TPSA) is 95.6 Å². The van der Waals surface area contributed by atoms with Crippen LogP contribution in [0.5, 0.6) is 0 Å². The average molecular weight is 613 g/mol. The monoisotopic (exact) mass is 611 g/mol. The van der Waals surface area contributed by atoms with Gasteiger partial charge in [-0.1, -0.05) is 64.5 Å². The van der Waals surface area contributed by atoms with Crippen LogP contribution in [-0.4, -0.2) is 34.4 Å². The molecule has 1 aliphatic rings. The Morgan fingerprint density at radius 3 is 2.12 bits per heavy atom. The van der Waals surface area contributed by atoms with Gasteiger partial charge in [-0.3, -0.25) is 24.1 Å². The molecule has 5 rings (SSSR count). The minimum Gasteiger partial charge on any atom is -0.321 e. The molecule has 0 saturated carbocycles. The molecule has 0 atom stereocenters. The number of nitrogens with zero attached hydrogens (tertiary/aromatic N) is 1. The van der Waals surface area contributed by atoms with E-state index in [1.807, 2.05) is 30.3 Å². The summed E-state index contributed by atoms with van der Waals surface area (Å²) in [5.41, 5.74) is 2.51. The van der Waals surface area contributed by atoms with Gasteiger partial charge in [-0.05, 0) is 66.2 Å². The number of hydrogen-bond acceptors (Lipinski definition) is 5. The third-order valence-electron chi connectivity index (χ3n) is 6.04. The molecule has 0 aliphatic carbocycles. The lowest BCUT2D eigenvalue weighted by Gasteiger charge is -2.14. The molecule has 0 aromatic heterocycles. The number of anilines is 1. The van der Waals surface area contributed by atoms with E-state index in [1.165, 1.54) is 16.7 Å². The number of carbonyl (C=O) groups excluding carboxylic acids is 4. The van der Waals surface area contributed by atoms with Gasteiger partial charge in [0.1, 0.15) is 5.70 Å². The molecule has 7 nitrogen and oxygen atoms in total. The van der Waals surface area contributed by atoms with Crippen molar-refractivity contribution in [2.45, 2.75) is 4.90 Å². The van der Waals surface area contributed by atoms with Crippen molar-refractivity contribution >= 4 is 63.1 Å². The molecule has 0 radical (unpaired) electrons. The summed E-state index contributed by atoms with van der Waals surface area (Å²) in [6, 6.07) is 29.8. The minimum absolute atomic E-state index is 0.0697. The molecule has 0 saturated heterocycles.